The van der Waals surface area contributed by atoms with Gasteiger partial charge in [0.2, 0.25) is 0 Å². The van der Waals surface area contributed by atoms with E-state index in [0.717, 1.165) is 18.8 Å². The number of esters is 1. The topological polar surface area (TPSA) is 61.9 Å². The van der Waals surface area contributed by atoms with Crippen LogP contribution in [-0.2, 0) is 9.53 Å². The van der Waals surface area contributed by atoms with E-state index >= 15 is 0 Å². The lowest BCUT2D eigenvalue weighted by Crippen LogP contribution is -2.54. The number of amides is 2. The SMILES string of the molecule is COC(=O)C(CCSC)NC(=O)N1CCN(C)CC1. The van der Waals surface area contributed by atoms with Gasteiger partial charge in [-0.15, -0.1) is 0 Å². The molecule has 0 aromatic carbocycles. The van der Waals surface area contributed by atoms with Crippen molar-refractivity contribution in [3.05, 3.63) is 0 Å². The normalized spacial score (nSPS) is 17.9. The molecule has 110 valence electrons. The van der Waals surface area contributed by atoms with Gasteiger partial charge in [-0.2, -0.15) is 11.8 Å². The van der Waals surface area contributed by atoms with Crippen molar-refractivity contribution in [1.29, 1.82) is 0 Å². The largest absolute Gasteiger partial charge is 0.467 e. The van der Waals surface area contributed by atoms with Crippen LogP contribution in [0.3, 0.4) is 0 Å². The van der Waals surface area contributed by atoms with Crippen molar-refractivity contribution >= 4 is 23.8 Å². The van der Waals surface area contributed by atoms with E-state index in [9.17, 15) is 9.59 Å². The van der Waals surface area contributed by atoms with Gasteiger partial charge in [0.25, 0.3) is 0 Å². The third kappa shape index (κ3) is 5.28. The number of ether oxygens (including phenoxy) is 1. The lowest BCUT2D eigenvalue weighted by Gasteiger charge is -2.33. The standard InChI is InChI=1S/C12H23N3O3S/c1-14-5-7-15(8-6-14)12(17)13-10(4-9-19-3)11(16)18-2/h10H,4-9H2,1-3H3,(H,13,17). The molecule has 0 saturated carbocycles. The number of carbonyl (C=O) groups is 2. The maximum absolute atomic E-state index is 12.1. The Morgan fingerprint density at radius 3 is 2.47 bits per heavy atom. The van der Waals surface area contributed by atoms with E-state index in [2.05, 4.69) is 10.2 Å². The highest BCUT2D eigenvalue weighted by Gasteiger charge is 2.25. The number of hydrogen-bond donors (Lipinski definition) is 1. The molecule has 6 nitrogen and oxygen atoms in total. The van der Waals surface area contributed by atoms with Gasteiger partial charge in [0.15, 0.2) is 0 Å². The summed E-state index contributed by atoms with van der Waals surface area (Å²) in [5.41, 5.74) is 0. The lowest BCUT2D eigenvalue weighted by atomic mass is 10.2. The lowest BCUT2D eigenvalue weighted by molar-refractivity contribution is -0.142. The first-order valence-corrected chi connectivity index (χ1v) is 7.78. The van der Waals surface area contributed by atoms with E-state index in [1.54, 1.807) is 16.7 Å². The Labute approximate surface area is 118 Å². The van der Waals surface area contributed by atoms with E-state index < -0.39 is 6.04 Å². The molecule has 1 atom stereocenters. The first kappa shape index (κ1) is 16.1. The molecule has 1 fully saturated rings. The van der Waals surface area contributed by atoms with Crippen LogP contribution in [0.1, 0.15) is 6.42 Å². The minimum absolute atomic E-state index is 0.176. The summed E-state index contributed by atoms with van der Waals surface area (Å²) in [6, 6.07) is -0.728. The number of nitrogens with one attached hydrogen (secondary N) is 1. The Morgan fingerprint density at radius 2 is 1.95 bits per heavy atom. The third-order valence-corrected chi connectivity index (χ3v) is 3.83. The summed E-state index contributed by atoms with van der Waals surface area (Å²) in [7, 11) is 3.38. The van der Waals surface area contributed by atoms with Gasteiger partial charge in [0, 0.05) is 26.2 Å². The summed E-state index contributed by atoms with van der Waals surface area (Å²) in [5, 5.41) is 2.77. The number of thioether (sulfide) groups is 1. The zero-order valence-corrected chi connectivity index (χ0v) is 12.7. The van der Waals surface area contributed by atoms with Crippen LogP contribution in [0.25, 0.3) is 0 Å². The highest BCUT2D eigenvalue weighted by molar-refractivity contribution is 7.98. The van der Waals surface area contributed by atoms with E-state index in [1.165, 1.54) is 7.11 Å². The molecule has 0 aromatic heterocycles. The van der Waals surface area contributed by atoms with Crippen molar-refractivity contribution in [2.24, 2.45) is 0 Å². The molecule has 7 heteroatoms. The van der Waals surface area contributed by atoms with Gasteiger partial charge in [-0.05, 0) is 25.5 Å². The van der Waals surface area contributed by atoms with E-state index in [-0.39, 0.29) is 12.0 Å². The van der Waals surface area contributed by atoms with Crippen LogP contribution in [0.4, 0.5) is 4.79 Å². The van der Waals surface area contributed by atoms with Crippen molar-refractivity contribution in [1.82, 2.24) is 15.1 Å². The zero-order chi connectivity index (χ0) is 14.3. The van der Waals surface area contributed by atoms with E-state index in [1.807, 2.05) is 13.3 Å². The molecule has 1 aliphatic heterocycles. The zero-order valence-electron chi connectivity index (χ0n) is 11.8. The molecule has 19 heavy (non-hydrogen) atoms. The Bertz CT molecular complexity index is 307. The molecule has 1 saturated heterocycles. The van der Waals surface area contributed by atoms with Gasteiger partial charge in [-0.1, -0.05) is 0 Å². The summed E-state index contributed by atoms with van der Waals surface area (Å²) in [6.45, 7) is 3.11. The predicted molar refractivity (Wildman–Crippen MR) is 76.4 cm³/mol. The minimum Gasteiger partial charge on any atom is -0.467 e. The number of carbonyl (C=O) groups excluding carboxylic acids is 2. The van der Waals surface area contributed by atoms with Crippen LogP contribution < -0.4 is 5.32 Å². The van der Waals surface area contributed by atoms with Gasteiger partial charge in [-0.3, -0.25) is 0 Å². The Balaban J connectivity index is 2.48. The van der Waals surface area contributed by atoms with E-state index in [4.69, 9.17) is 4.74 Å². The molecule has 0 spiro atoms. The molecule has 0 radical (unpaired) electrons. The second-order valence-corrected chi connectivity index (χ2v) is 5.58. The molecular weight excluding hydrogens is 266 g/mol. The molecule has 1 unspecified atom stereocenters. The number of nitrogens with zero attached hydrogens (tertiary/aromatic N) is 2. The van der Waals surface area contributed by atoms with Crippen LogP contribution in [-0.4, -0.2) is 80.2 Å². The highest BCUT2D eigenvalue weighted by Crippen LogP contribution is 2.05. The van der Waals surface area contributed by atoms with Crippen LogP contribution >= 0.6 is 11.8 Å². The molecule has 1 aliphatic rings. The van der Waals surface area contributed by atoms with Crippen LogP contribution in [0.15, 0.2) is 0 Å². The molecule has 1 heterocycles. The monoisotopic (exact) mass is 289 g/mol. The quantitative estimate of drug-likeness (QED) is 0.735. The van der Waals surface area contributed by atoms with E-state index in [0.29, 0.717) is 19.5 Å². The Kier molecular flexibility index (Phi) is 7.01. The summed E-state index contributed by atoms with van der Waals surface area (Å²) >= 11 is 1.64. The van der Waals surface area contributed by atoms with Crippen LogP contribution in [0.2, 0.25) is 0 Å². The fourth-order valence-electron chi connectivity index (χ4n) is 1.88. The van der Waals surface area contributed by atoms with Gasteiger partial charge in [0.1, 0.15) is 6.04 Å². The Hall–Kier alpha value is -0.950. The number of likely N-dealkylation sites (N-methyl/N-ethyl adjacent to an activating group) is 1. The number of methoxy groups -OCH3 is 1. The number of piperazine rings is 1. The summed E-state index contributed by atoms with van der Waals surface area (Å²) < 4.78 is 4.73. The van der Waals surface area contributed by atoms with Crippen molar-refractivity contribution in [3.63, 3.8) is 0 Å². The Morgan fingerprint density at radius 1 is 1.32 bits per heavy atom. The van der Waals surface area contributed by atoms with Crippen LogP contribution in [0.5, 0.6) is 0 Å². The fourth-order valence-corrected chi connectivity index (χ4v) is 2.35. The number of rotatable bonds is 5. The molecule has 0 aromatic rings. The molecule has 2 amide bonds. The minimum atomic E-state index is -0.551. The second kappa shape index (κ2) is 8.27. The van der Waals surface area contributed by atoms with Gasteiger partial charge >= 0.3 is 12.0 Å². The highest BCUT2D eigenvalue weighted by atomic mass is 32.2. The predicted octanol–water partition coefficient (Wildman–Crippen LogP) is 0.238. The average molecular weight is 289 g/mol. The van der Waals surface area contributed by atoms with Gasteiger partial charge in [0.05, 0.1) is 7.11 Å². The molecule has 0 aliphatic carbocycles. The van der Waals surface area contributed by atoms with Crippen molar-refractivity contribution in [3.8, 4) is 0 Å². The van der Waals surface area contributed by atoms with Crippen LogP contribution in [0, 0.1) is 0 Å². The van der Waals surface area contributed by atoms with Gasteiger partial charge in [-0.25, -0.2) is 9.59 Å². The number of hydrogen-bond acceptors (Lipinski definition) is 5. The molecule has 1 rings (SSSR count). The third-order valence-electron chi connectivity index (χ3n) is 3.18. The maximum Gasteiger partial charge on any atom is 0.328 e. The summed E-state index contributed by atoms with van der Waals surface area (Å²) in [5.74, 6) is 0.430. The molecule has 1 N–H and O–H groups in total. The van der Waals surface area contributed by atoms with Crippen molar-refractivity contribution in [2.45, 2.75) is 12.5 Å². The van der Waals surface area contributed by atoms with Gasteiger partial charge < -0.3 is 19.9 Å². The fraction of sp³-hybridized carbons (Fsp3) is 0.833. The first-order valence-electron chi connectivity index (χ1n) is 6.39. The van der Waals surface area contributed by atoms with Crippen molar-refractivity contribution < 1.29 is 14.3 Å². The molecule has 0 bridgehead atoms. The van der Waals surface area contributed by atoms with Crippen molar-refractivity contribution in [2.75, 3.05) is 52.3 Å². The first-order chi connectivity index (χ1) is 9.08. The number of urea groups is 1. The molecular formula is C12H23N3O3S. The second-order valence-electron chi connectivity index (χ2n) is 4.60. The summed E-state index contributed by atoms with van der Waals surface area (Å²) in [4.78, 5) is 27.6. The smallest absolute Gasteiger partial charge is 0.328 e. The maximum atomic E-state index is 12.1. The average Bonchev–Trinajstić information content (AvgIpc) is 2.43. The summed E-state index contributed by atoms with van der Waals surface area (Å²) in [6.07, 6.45) is 2.56.